The highest BCUT2D eigenvalue weighted by molar-refractivity contribution is 9.10. The predicted octanol–water partition coefficient (Wildman–Crippen LogP) is 0.278. The summed E-state index contributed by atoms with van der Waals surface area (Å²) in [6.07, 6.45) is 0.558. The highest BCUT2D eigenvalue weighted by Gasteiger charge is 1.99. The Kier molecular flexibility index (Phi) is 1.52. The number of hydrogen-bond acceptors (Lipinski definition) is 2. The minimum Gasteiger partial charge on any atom is -0.303 e. The van der Waals surface area contributed by atoms with Crippen molar-refractivity contribution in [2.45, 2.75) is 0 Å². The number of aromatic nitrogens is 2. The molecule has 0 aromatic carbocycles. The van der Waals surface area contributed by atoms with Gasteiger partial charge in [-0.05, 0) is 15.9 Å². The van der Waals surface area contributed by atoms with E-state index in [1.807, 2.05) is 0 Å². The maximum absolute atomic E-state index is 10.4. The van der Waals surface area contributed by atoms with Gasteiger partial charge in [0.05, 0.1) is 0 Å². The van der Waals surface area contributed by atoms with Gasteiger partial charge in [0.2, 0.25) is 0 Å². The summed E-state index contributed by atoms with van der Waals surface area (Å²) in [5, 5.41) is 0. The van der Waals surface area contributed by atoms with Crippen LogP contribution in [0.2, 0.25) is 0 Å². The van der Waals surface area contributed by atoms with Crippen LogP contribution in [0.1, 0.15) is 10.5 Å². The zero-order valence-corrected chi connectivity index (χ0v) is 5.86. The van der Waals surface area contributed by atoms with Crippen molar-refractivity contribution in [2.24, 2.45) is 0 Å². The monoisotopic (exact) mass is 190 g/mol. The molecule has 0 aliphatic carbocycles. The second-order valence-electron chi connectivity index (χ2n) is 1.42. The van der Waals surface area contributed by atoms with E-state index >= 15 is 0 Å². The van der Waals surface area contributed by atoms with Crippen LogP contribution in [-0.2, 0) is 0 Å². The van der Waals surface area contributed by atoms with Crippen LogP contribution in [0.25, 0.3) is 0 Å². The minimum atomic E-state index is -0.385. The van der Waals surface area contributed by atoms with E-state index in [0.717, 1.165) is 0 Å². The van der Waals surface area contributed by atoms with E-state index in [9.17, 15) is 9.59 Å². The van der Waals surface area contributed by atoms with Crippen molar-refractivity contribution in [3.8, 4) is 0 Å². The first kappa shape index (κ1) is 6.28. The average Bonchev–Trinajstić information content (AvgIpc) is 2.10. The molecule has 9 heavy (non-hydrogen) atoms. The van der Waals surface area contributed by atoms with Crippen LogP contribution in [-0.4, -0.2) is 16.3 Å². The zero-order chi connectivity index (χ0) is 6.85. The summed E-state index contributed by atoms with van der Waals surface area (Å²) < 4.78 is 0.391. The highest BCUT2D eigenvalue weighted by atomic mass is 79.9. The van der Waals surface area contributed by atoms with Gasteiger partial charge in [-0.3, -0.25) is 9.78 Å². The van der Waals surface area contributed by atoms with Crippen LogP contribution in [0.5, 0.6) is 0 Å². The van der Waals surface area contributed by atoms with Gasteiger partial charge in [-0.2, -0.15) is 0 Å². The molecule has 0 saturated heterocycles. The van der Waals surface area contributed by atoms with Gasteiger partial charge < -0.3 is 4.98 Å². The first-order valence-electron chi connectivity index (χ1n) is 2.17. The Balaban J connectivity index is 3.31. The number of H-pyrrole nitrogens is 2. The fraction of sp³-hybridized carbons (Fsp3) is 0. The second-order valence-corrected chi connectivity index (χ2v) is 2.22. The van der Waals surface area contributed by atoms with Crippen molar-refractivity contribution in [3.05, 3.63) is 20.8 Å². The first-order valence-corrected chi connectivity index (χ1v) is 2.96. The summed E-state index contributed by atoms with van der Waals surface area (Å²) in [6, 6.07) is 0. The Morgan fingerprint density at radius 2 is 2.11 bits per heavy atom. The Morgan fingerprint density at radius 3 is 2.33 bits per heavy atom. The molecule has 0 bridgehead atoms. The molecular formula is C4H3BrN2O2. The summed E-state index contributed by atoms with van der Waals surface area (Å²) >= 11 is 2.96. The van der Waals surface area contributed by atoms with Crippen LogP contribution < -0.4 is 5.69 Å². The smallest absolute Gasteiger partial charge is 0.303 e. The summed E-state index contributed by atoms with van der Waals surface area (Å²) in [4.78, 5) is 25.0. The van der Waals surface area contributed by atoms with Gasteiger partial charge in [0.15, 0.2) is 6.29 Å². The molecule has 0 aliphatic heterocycles. The molecule has 0 unspecified atom stereocenters. The molecule has 0 saturated carbocycles. The third-order valence-electron chi connectivity index (χ3n) is 0.826. The minimum absolute atomic E-state index is 0.236. The van der Waals surface area contributed by atoms with Gasteiger partial charge >= 0.3 is 5.69 Å². The quantitative estimate of drug-likeness (QED) is 0.626. The Bertz CT molecular complexity index is 274. The summed E-state index contributed by atoms with van der Waals surface area (Å²) in [6.45, 7) is 0. The lowest BCUT2D eigenvalue weighted by Crippen LogP contribution is -2.00. The standard InChI is InChI=1S/C4H3BrN2O2/c5-3-2(1-8)6-4(9)7-3/h1H,(H2,6,7,9). The second kappa shape index (κ2) is 2.18. The molecule has 1 rings (SSSR count). The van der Waals surface area contributed by atoms with Crippen LogP contribution in [0.4, 0.5) is 0 Å². The molecule has 0 spiro atoms. The fourth-order valence-electron chi connectivity index (χ4n) is 0.457. The number of rotatable bonds is 1. The van der Waals surface area contributed by atoms with Gasteiger partial charge in [-0.15, -0.1) is 0 Å². The van der Waals surface area contributed by atoms with Crippen molar-refractivity contribution in [1.29, 1.82) is 0 Å². The van der Waals surface area contributed by atoms with Crippen LogP contribution in [0.15, 0.2) is 9.40 Å². The van der Waals surface area contributed by atoms with E-state index in [-0.39, 0.29) is 11.4 Å². The summed E-state index contributed by atoms with van der Waals surface area (Å²) in [5.41, 5.74) is -0.149. The van der Waals surface area contributed by atoms with Gasteiger partial charge in [0, 0.05) is 0 Å². The number of nitrogens with one attached hydrogen (secondary N) is 2. The largest absolute Gasteiger partial charge is 0.324 e. The molecular weight excluding hydrogens is 188 g/mol. The summed E-state index contributed by atoms with van der Waals surface area (Å²) in [7, 11) is 0. The van der Waals surface area contributed by atoms with Crippen LogP contribution >= 0.6 is 15.9 Å². The molecule has 1 aromatic heterocycles. The average molecular weight is 191 g/mol. The van der Waals surface area contributed by atoms with Crippen molar-refractivity contribution in [1.82, 2.24) is 9.97 Å². The molecule has 0 aliphatic rings. The third-order valence-corrected chi connectivity index (χ3v) is 1.45. The zero-order valence-electron chi connectivity index (χ0n) is 4.27. The molecule has 1 heterocycles. The van der Waals surface area contributed by atoms with E-state index in [4.69, 9.17) is 0 Å². The van der Waals surface area contributed by atoms with E-state index in [1.54, 1.807) is 0 Å². The lowest BCUT2D eigenvalue weighted by Gasteiger charge is -1.76. The first-order chi connectivity index (χ1) is 4.24. The van der Waals surface area contributed by atoms with Crippen molar-refractivity contribution in [2.75, 3.05) is 0 Å². The van der Waals surface area contributed by atoms with Crippen molar-refractivity contribution >= 4 is 22.2 Å². The Labute approximate surface area is 58.4 Å². The number of carbonyl (C=O) groups is 1. The van der Waals surface area contributed by atoms with Crippen molar-refractivity contribution < 1.29 is 4.79 Å². The Hall–Kier alpha value is -0.840. The number of hydrogen-bond donors (Lipinski definition) is 2. The van der Waals surface area contributed by atoms with Gasteiger partial charge in [0.25, 0.3) is 0 Å². The number of aldehydes is 1. The highest BCUT2D eigenvalue weighted by Crippen LogP contribution is 2.04. The molecule has 1 aromatic rings. The van der Waals surface area contributed by atoms with E-state index in [2.05, 4.69) is 25.9 Å². The topological polar surface area (TPSA) is 65.7 Å². The van der Waals surface area contributed by atoms with Crippen molar-refractivity contribution in [3.63, 3.8) is 0 Å². The van der Waals surface area contributed by atoms with E-state index < -0.39 is 0 Å². The summed E-state index contributed by atoms with van der Waals surface area (Å²) in [5.74, 6) is 0. The van der Waals surface area contributed by atoms with Gasteiger partial charge in [0.1, 0.15) is 10.3 Å². The lowest BCUT2D eigenvalue weighted by atomic mass is 10.6. The molecule has 2 N–H and O–H groups in total. The number of imidazole rings is 1. The molecule has 0 radical (unpaired) electrons. The number of halogens is 1. The van der Waals surface area contributed by atoms with Gasteiger partial charge in [-0.1, -0.05) is 0 Å². The molecule has 0 amide bonds. The predicted molar refractivity (Wildman–Crippen MR) is 34.5 cm³/mol. The number of aromatic amines is 2. The van der Waals surface area contributed by atoms with Crippen LogP contribution in [0, 0.1) is 0 Å². The third kappa shape index (κ3) is 1.10. The Morgan fingerprint density at radius 1 is 1.44 bits per heavy atom. The van der Waals surface area contributed by atoms with Crippen LogP contribution in [0.3, 0.4) is 0 Å². The molecule has 0 fully saturated rings. The molecule has 48 valence electrons. The molecule has 0 atom stereocenters. The normalized spacial score (nSPS) is 9.44. The van der Waals surface area contributed by atoms with E-state index in [1.165, 1.54) is 0 Å². The SMILES string of the molecule is O=Cc1[nH]c(=O)[nH]c1Br. The maximum atomic E-state index is 10.4. The lowest BCUT2D eigenvalue weighted by molar-refractivity contribution is 0.111. The fourth-order valence-corrected chi connectivity index (χ4v) is 0.829. The molecule has 4 nitrogen and oxygen atoms in total. The molecule has 5 heteroatoms. The maximum Gasteiger partial charge on any atom is 0.324 e. The van der Waals surface area contributed by atoms with Gasteiger partial charge in [-0.25, -0.2) is 4.79 Å². The van der Waals surface area contributed by atoms with E-state index in [0.29, 0.717) is 10.9 Å². The number of carbonyl (C=O) groups excluding carboxylic acids is 1.